The number of unbranched alkanes of at least 4 members (excludes halogenated alkanes) is 3. The molecular weight excluding hydrogens is 414 g/mol. The minimum absolute atomic E-state index is 0.0362. The molecule has 1 aromatic carbocycles. The first-order valence-corrected chi connectivity index (χ1v) is 11.6. The van der Waals surface area contributed by atoms with E-state index in [1.807, 2.05) is 6.07 Å². The molecule has 2 aliphatic rings. The van der Waals surface area contributed by atoms with Crippen LogP contribution >= 0.6 is 0 Å². The number of nitrogens with one attached hydrogen (secondary N) is 1. The minimum atomic E-state index is -0.326. The zero-order valence-corrected chi connectivity index (χ0v) is 18.7. The summed E-state index contributed by atoms with van der Waals surface area (Å²) in [7, 11) is 0. The van der Waals surface area contributed by atoms with Crippen LogP contribution in [0.5, 0.6) is 0 Å². The lowest BCUT2D eigenvalue weighted by atomic mass is 9.98. The predicted octanol–water partition coefficient (Wildman–Crippen LogP) is 3.00. The van der Waals surface area contributed by atoms with Crippen molar-refractivity contribution in [1.29, 1.82) is 0 Å². The Morgan fingerprint density at radius 2 is 1.97 bits per heavy atom. The maximum Gasteiger partial charge on any atom is 0.294 e. The number of aliphatic hydroxyl groups is 1. The topological polar surface area (TPSA) is 121 Å². The smallest absolute Gasteiger partial charge is 0.294 e. The fourth-order valence-electron chi connectivity index (χ4n) is 4.51. The molecule has 1 aromatic rings. The lowest BCUT2D eigenvalue weighted by molar-refractivity contribution is -0.383. The zero-order chi connectivity index (χ0) is 22.8. The van der Waals surface area contributed by atoms with Crippen LogP contribution in [0.25, 0.3) is 0 Å². The van der Waals surface area contributed by atoms with Gasteiger partial charge in [0.2, 0.25) is 0 Å². The Balaban J connectivity index is 1.37. The number of nitroso groups, excluding NO2 is 1. The number of piperidine rings is 1. The van der Waals surface area contributed by atoms with Crippen molar-refractivity contribution >= 4 is 17.1 Å². The Morgan fingerprint density at radius 1 is 1.19 bits per heavy atom. The Morgan fingerprint density at radius 3 is 2.69 bits per heavy atom. The number of anilines is 2. The number of hydrogen-bond acceptors (Lipinski definition) is 9. The summed E-state index contributed by atoms with van der Waals surface area (Å²) in [6.45, 7) is 5.26. The summed E-state index contributed by atoms with van der Waals surface area (Å²) >= 11 is 0. The number of morpholine rings is 1. The Labute approximate surface area is 189 Å². The van der Waals surface area contributed by atoms with Gasteiger partial charge in [-0.05, 0) is 44.4 Å². The first-order chi connectivity index (χ1) is 15.6. The molecule has 0 spiro atoms. The number of ether oxygens (including phenoxy) is 1. The van der Waals surface area contributed by atoms with E-state index in [2.05, 4.69) is 20.3 Å². The van der Waals surface area contributed by atoms with E-state index < -0.39 is 0 Å². The molecule has 178 valence electrons. The molecule has 2 N–H and O–H groups in total. The van der Waals surface area contributed by atoms with Crippen LogP contribution in [0.1, 0.15) is 38.5 Å². The van der Waals surface area contributed by atoms with Crippen molar-refractivity contribution < 1.29 is 14.8 Å². The summed E-state index contributed by atoms with van der Waals surface area (Å²) in [6, 6.07) is 5.25. The molecule has 10 heteroatoms. The van der Waals surface area contributed by atoms with Gasteiger partial charge >= 0.3 is 0 Å². The number of benzene rings is 1. The summed E-state index contributed by atoms with van der Waals surface area (Å²) in [6.07, 6.45) is 5.47. The predicted molar refractivity (Wildman–Crippen MR) is 124 cm³/mol. The van der Waals surface area contributed by atoms with Crippen molar-refractivity contribution in [3.05, 3.63) is 33.2 Å². The van der Waals surface area contributed by atoms with Crippen LogP contribution in [0.3, 0.4) is 0 Å². The quantitative estimate of drug-likeness (QED) is 0.216. The molecule has 0 saturated carbocycles. The molecule has 2 fully saturated rings. The van der Waals surface area contributed by atoms with Gasteiger partial charge in [0, 0.05) is 44.0 Å². The van der Waals surface area contributed by atoms with Gasteiger partial charge < -0.3 is 20.1 Å². The Hall–Kier alpha value is -2.30. The third kappa shape index (κ3) is 6.85. The number of likely N-dealkylation sites (tertiary alicyclic amines) is 1. The van der Waals surface area contributed by atoms with E-state index in [4.69, 9.17) is 4.74 Å². The molecule has 0 radical (unpaired) electrons. The highest BCUT2D eigenvalue weighted by atomic mass is 16.6. The van der Waals surface area contributed by atoms with E-state index in [-0.39, 0.29) is 29.3 Å². The molecular formula is C22H35N5O5. The number of hydrogen-bond donors (Lipinski definition) is 2. The average Bonchev–Trinajstić information content (AvgIpc) is 2.84. The molecule has 0 bridgehead atoms. The van der Waals surface area contributed by atoms with Gasteiger partial charge in [0.05, 0.1) is 30.8 Å². The summed E-state index contributed by atoms with van der Waals surface area (Å²) in [4.78, 5) is 26.3. The van der Waals surface area contributed by atoms with Crippen molar-refractivity contribution in [2.24, 2.45) is 5.18 Å². The molecule has 0 aliphatic carbocycles. The van der Waals surface area contributed by atoms with Gasteiger partial charge in [-0.25, -0.2) is 0 Å². The minimum Gasteiger partial charge on any atom is -0.395 e. The van der Waals surface area contributed by atoms with Crippen LogP contribution in [0, 0.1) is 15.0 Å². The molecule has 2 saturated heterocycles. The van der Waals surface area contributed by atoms with E-state index >= 15 is 0 Å². The second-order valence-corrected chi connectivity index (χ2v) is 8.55. The molecule has 2 atom stereocenters. The third-order valence-electron chi connectivity index (χ3n) is 6.41. The van der Waals surface area contributed by atoms with E-state index in [1.54, 1.807) is 12.1 Å². The van der Waals surface area contributed by atoms with Gasteiger partial charge in [-0.2, -0.15) is 4.91 Å². The fourth-order valence-corrected chi connectivity index (χ4v) is 4.51. The van der Waals surface area contributed by atoms with Crippen LogP contribution in [-0.2, 0) is 4.74 Å². The fraction of sp³-hybridized carbons (Fsp3) is 0.727. The molecule has 0 amide bonds. The highest BCUT2D eigenvalue weighted by Gasteiger charge is 2.28. The molecule has 32 heavy (non-hydrogen) atoms. The number of nitrogens with zero attached hydrogens (tertiary/aromatic N) is 4. The van der Waals surface area contributed by atoms with Gasteiger partial charge in [0.15, 0.2) is 0 Å². The van der Waals surface area contributed by atoms with Crippen LogP contribution < -0.4 is 10.2 Å². The second-order valence-electron chi connectivity index (χ2n) is 8.55. The highest BCUT2D eigenvalue weighted by Crippen LogP contribution is 2.30. The van der Waals surface area contributed by atoms with Gasteiger partial charge in [0.25, 0.3) is 5.69 Å². The molecule has 3 rings (SSSR count). The summed E-state index contributed by atoms with van der Waals surface area (Å²) in [5, 5.41) is 27.5. The van der Waals surface area contributed by atoms with E-state index in [9.17, 15) is 20.1 Å². The van der Waals surface area contributed by atoms with E-state index in [1.165, 1.54) is 0 Å². The largest absolute Gasteiger partial charge is 0.395 e. The van der Waals surface area contributed by atoms with Crippen LogP contribution in [-0.4, -0.2) is 79.6 Å². The summed E-state index contributed by atoms with van der Waals surface area (Å²) < 4.78 is 5.35. The summed E-state index contributed by atoms with van der Waals surface area (Å²) in [5.74, 6) is 0. The second kappa shape index (κ2) is 12.7. The lowest BCUT2D eigenvalue weighted by Crippen LogP contribution is -2.46. The molecule has 2 aliphatic heterocycles. The van der Waals surface area contributed by atoms with Gasteiger partial charge in [-0.1, -0.05) is 18.0 Å². The average molecular weight is 450 g/mol. The molecule has 0 aromatic heterocycles. The normalized spacial score (nSPS) is 22.0. The highest BCUT2D eigenvalue weighted by molar-refractivity contribution is 5.68. The monoisotopic (exact) mass is 449 g/mol. The number of nitro benzene ring substituents is 1. The van der Waals surface area contributed by atoms with Crippen molar-refractivity contribution in [3.8, 4) is 0 Å². The first-order valence-electron chi connectivity index (χ1n) is 11.6. The SMILES string of the molecule is O=NC1CCN(CCCCCCNc2ccc(N3CCOCC3)cc2[N+](=O)[O-])[C@H](CO)C1. The Bertz CT molecular complexity index is 743. The van der Waals surface area contributed by atoms with Crippen molar-refractivity contribution in [2.75, 3.05) is 62.8 Å². The summed E-state index contributed by atoms with van der Waals surface area (Å²) in [5.41, 5.74) is 1.53. The first kappa shape index (κ1) is 24.3. The van der Waals surface area contributed by atoms with Crippen molar-refractivity contribution in [2.45, 2.75) is 50.6 Å². The lowest BCUT2D eigenvalue weighted by Gasteiger charge is -2.36. The van der Waals surface area contributed by atoms with Gasteiger partial charge in [0.1, 0.15) is 5.69 Å². The molecule has 10 nitrogen and oxygen atoms in total. The third-order valence-corrected chi connectivity index (χ3v) is 6.41. The molecule has 2 heterocycles. The van der Waals surface area contributed by atoms with Crippen LogP contribution in [0.2, 0.25) is 0 Å². The van der Waals surface area contributed by atoms with Gasteiger partial charge in [-0.15, -0.1) is 0 Å². The molecule has 1 unspecified atom stereocenters. The number of rotatable bonds is 12. The van der Waals surface area contributed by atoms with Crippen molar-refractivity contribution in [1.82, 2.24) is 4.90 Å². The Kier molecular flexibility index (Phi) is 9.63. The maximum atomic E-state index is 11.5. The van der Waals surface area contributed by atoms with E-state index in [0.29, 0.717) is 31.9 Å². The van der Waals surface area contributed by atoms with Crippen LogP contribution in [0.4, 0.5) is 17.1 Å². The van der Waals surface area contributed by atoms with E-state index in [0.717, 1.165) is 64.0 Å². The van der Waals surface area contributed by atoms with Crippen LogP contribution in [0.15, 0.2) is 23.4 Å². The number of nitro groups is 1. The standard InChI is InChI=1S/C22H35N5O5/c28-17-20-15-18(24-29)7-10-25(20)9-4-2-1-3-8-23-21-6-5-19(16-22(21)27(30)31)26-11-13-32-14-12-26/h5-6,16,18,20,23,28H,1-4,7-15,17H2/t18?,20-/m0/s1. The van der Waals surface area contributed by atoms with Gasteiger partial charge in [-0.3, -0.25) is 15.0 Å². The number of aliphatic hydroxyl groups excluding tert-OH is 1. The maximum absolute atomic E-state index is 11.5. The zero-order valence-electron chi connectivity index (χ0n) is 18.7. The van der Waals surface area contributed by atoms with Crippen molar-refractivity contribution in [3.63, 3.8) is 0 Å².